The van der Waals surface area contributed by atoms with Crippen molar-refractivity contribution in [1.29, 1.82) is 0 Å². The summed E-state index contributed by atoms with van der Waals surface area (Å²) in [6, 6.07) is 8.17. The van der Waals surface area contributed by atoms with Gasteiger partial charge in [0.05, 0.1) is 6.61 Å². The van der Waals surface area contributed by atoms with Gasteiger partial charge in [-0.2, -0.15) is 0 Å². The first-order valence-electron chi connectivity index (χ1n) is 5.76. The summed E-state index contributed by atoms with van der Waals surface area (Å²) in [7, 11) is 0. The highest BCUT2D eigenvalue weighted by atomic mass is 79.9. The van der Waals surface area contributed by atoms with E-state index in [1.54, 1.807) is 0 Å². The van der Waals surface area contributed by atoms with E-state index in [2.05, 4.69) is 22.0 Å². The highest BCUT2D eigenvalue weighted by Gasteiger charge is 2.25. The van der Waals surface area contributed by atoms with Gasteiger partial charge in [0.15, 0.2) is 0 Å². The molecule has 0 spiro atoms. The number of aliphatic hydroxyl groups excluding tert-OH is 1. The summed E-state index contributed by atoms with van der Waals surface area (Å²) in [5, 5.41) is 9.59. The highest BCUT2D eigenvalue weighted by molar-refractivity contribution is 9.10. The fourth-order valence-electron chi connectivity index (χ4n) is 2.40. The van der Waals surface area contributed by atoms with Gasteiger partial charge in [0, 0.05) is 23.6 Å². The minimum Gasteiger partial charge on any atom is -0.396 e. The molecular weight excluding hydrogens is 268 g/mol. The first-order chi connectivity index (χ1) is 7.83. The van der Waals surface area contributed by atoms with Crippen LogP contribution >= 0.6 is 15.9 Å². The Balaban J connectivity index is 2.18. The third-order valence-electron chi connectivity index (χ3n) is 3.34. The van der Waals surface area contributed by atoms with E-state index in [9.17, 15) is 5.11 Å². The maximum absolute atomic E-state index is 9.59. The lowest BCUT2D eigenvalue weighted by molar-refractivity contribution is 0.0492. The summed E-state index contributed by atoms with van der Waals surface area (Å²) < 4.78 is 6.46. The summed E-state index contributed by atoms with van der Waals surface area (Å²) in [6.45, 7) is 1.87. The molecule has 1 saturated heterocycles. The van der Waals surface area contributed by atoms with Crippen LogP contribution in [0, 0.1) is 5.92 Å². The Morgan fingerprint density at radius 2 is 2.00 bits per heavy atom. The fourth-order valence-corrected chi connectivity index (χ4v) is 2.97. The Bertz CT molecular complexity index is 334. The smallest absolute Gasteiger partial charge is 0.0502 e. The van der Waals surface area contributed by atoms with Crippen molar-refractivity contribution in [2.45, 2.75) is 18.8 Å². The van der Waals surface area contributed by atoms with Gasteiger partial charge in [-0.3, -0.25) is 0 Å². The molecule has 2 nitrogen and oxygen atoms in total. The van der Waals surface area contributed by atoms with E-state index < -0.39 is 0 Å². The van der Waals surface area contributed by atoms with Crippen LogP contribution in [0.3, 0.4) is 0 Å². The molecule has 0 radical (unpaired) electrons. The third kappa shape index (κ3) is 2.65. The molecule has 0 aromatic heterocycles. The van der Waals surface area contributed by atoms with E-state index in [4.69, 9.17) is 4.74 Å². The second kappa shape index (κ2) is 5.80. The molecule has 2 rings (SSSR count). The lowest BCUT2D eigenvalue weighted by Crippen LogP contribution is -2.24. The molecule has 1 unspecified atom stereocenters. The number of hydrogen-bond donors (Lipinski definition) is 1. The minimum absolute atomic E-state index is 0.216. The maximum atomic E-state index is 9.59. The van der Waals surface area contributed by atoms with Crippen LogP contribution in [0.25, 0.3) is 0 Å². The lowest BCUT2D eigenvalue weighted by atomic mass is 9.82. The number of aliphatic hydroxyl groups is 1. The number of ether oxygens (including phenoxy) is 1. The molecule has 1 N–H and O–H groups in total. The third-order valence-corrected chi connectivity index (χ3v) is 4.06. The molecule has 1 aromatic carbocycles. The monoisotopic (exact) mass is 284 g/mol. The quantitative estimate of drug-likeness (QED) is 0.925. The number of benzene rings is 1. The van der Waals surface area contributed by atoms with Crippen LogP contribution in [0.2, 0.25) is 0 Å². The average Bonchev–Trinajstić information content (AvgIpc) is 2.34. The van der Waals surface area contributed by atoms with Gasteiger partial charge in [0.2, 0.25) is 0 Å². The summed E-state index contributed by atoms with van der Waals surface area (Å²) in [4.78, 5) is 0. The van der Waals surface area contributed by atoms with E-state index in [0.717, 1.165) is 30.5 Å². The van der Waals surface area contributed by atoms with Crippen LogP contribution in [0.1, 0.15) is 24.3 Å². The summed E-state index contributed by atoms with van der Waals surface area (Å²) in [5.41, 5.74) is 1.22. The number of rotatable bonds is 3. The molecule has 88 valence electrons. The zero-order valence-corrected chi connectivity index (χ0v) is 10.8. The van der Waals surface area contributed by atoms with Crippen LogP contribution in [0.15, 0.2) is 28.7 Å². The van der Waals surface area contributed by atoms with Crippen molar-refractivity contribution in [1.82, 2.24) is 0 Å². The second-order valence-corrected chi connectivity index (χ2v) is 5.11. The van der Waals surface area contributed by atoms with Gasteiger partial charge >= 0.3 is 0 Å². The Kier molecular flexibility index (Phi) is 4.38. The Morgan fingerprint density at radius 1 is 1.31 bits per heavy atom. The predicted molar refractivity (Wildman–Crippen MR) is 67.5 cm³/mol. The molecule has 1 aliphatic heterocycles. The summed E-state index contributed by atoms with van der Waals surface area (Å²) in [6.07, 6.45) is 2.10. The van der Waals surface area contributed by atoms with Crippen molar-refractivity contribution in [2.24, 2.45) is 5.92 Å². The van der Waals surface area contributed by atoms with Crippen LogP contribution in [0.4, 0.5) is 0 Å². The number of halogens is 1. The van der Waals surface area contributed by atoms with E-state index in [1.807, 2.05) is 18.2 Å². The van der Waals surface area contributed by atoms with Gasteiger partial charge in [-0.05, 0) is 30.4 Å². The van der Waals surface area contributed by atoms with Crippen LogP contribution in [-0.4, -0.2) is 24.9 Å². The maximum Gasteiger partial charge on any atom is 0.0502 e. The zero-order chi connectivity index (χ0) is 11.4. The van der Waals surface area contributed by atoms with Crippen molar-refractivity contribution >= 4 is 15.9 Å². The van der Waals surface area contributed by atoms with E-state index >= 15 is 0 Å². The van der Waals surface area contributed by atoms with Crippen LogP contribution < -0.4 is 0 Å². The Hall–Kier alpha value is -0.380. The molecule has 0 amide bonds. The van der Waals surface area contributed by atoms with E-state index in [-0.39, 0.29) is 12.5 Å². The first kappa shape index (κ1) is 12.1. The van der Waals surface area contributed by atoms with Crippen molar-refractivity contribution in [3.8, 4) is 0 Å². The van der Waals surface area contributed by atoms with Gasteiger partial charge in [-0.1, -0.05) is 34.1 Å². The molecule has 1 atom stereocenters. The normalized spacial score (nSPS) is 19.6. The topological polar surface area (TPSA) is 29.5 Å². The minimum atomic E-state index is 0.216. The molecule has 16 heavy (non-hydrogen) atoms. The fraction of sp³-hybridized carbons (Fsp3) is 0.538. The predicted octanol–water partition coefficient (Wildman–Crippen LogP) is 2.95. The molecule has 0 bridgehead atoms. The Morgan fingerprint density at radius 3 is 2.62 bits per heavy atom. The first-order valence-corrected chi connectivity index (χ1v) is 6.55. The molecule has 1 aromatic rings. The van der Waals surface area contributed by atoms with Crippen LogP contribution in [-0.2, 0) is 4.74 Å². The van der Waals surface area contributed by atoms with Gasteiger partial charge < -0.3 is 9.84 Å². The van der Waals surface area contributed by atoms with Crippen molar-refractivity contribution < 1.29 is 9.84 Å². The molecule has 1 fully saturated rings. The van der Waals surface area contributed by atoms with Crippen molar-refractivity contribution in [3.05, 3.63) is 34.3 Å². The molecular formula is C13H17BrO2. The van der Waals surface area contributed by atoms with Gasteiger partial charge in [0.1, 0.15) is 0 Å². The molecule has 3 heteroatoms. The molecule has 0 saturated carbocycles. The summed E-state index contributed by atoms with van der Waals surface area (Å²) in [5.74, 6) is 0.775. The summed E-state index contributed by atoms with van der Waals surface area (Å²) >= 11 is 3.56. The van der Waals surface area contributed by atoms with Crippen molar-refractivity contribution in [2.75, 3.05) is 19.8 Å². The van der Waals surface area contributed by atoms with Crippen LogP contribution in [0.5, 0.6) is 0 Å². The van der Waals surface area contributed by atoms with Crippen molar-refractivity contribution in [3.63, 3.8) is 0 Å². The zero-order valence-electron chi connectivity index (χ0n) is 9.23. The highest BCUT2D eigenvalue weighted by Crippen LogP contribution is 2.35. The number of hydrogen-bond acceptors (Lipinski definition) is 2. The SMILES string of the molecule is OCC(c1ccccc1Br)C1CCOCC1. The van der Waals surface area contributed by atoms with E-state index in [0.29, 0.717) is 5.92 Å². The molecule has 1 aliphatic rings. The molecule has 0 aliphatic carbocycles. The van der Waals surface area contributed by atoms with E-state index in [1.165, 1.54) is 5.56 Å². The lowest BCUT2D eigenvalue weighted by Gasteiger charge is -2.30. The van der Waals surface area contributed by atoms with Gasteiger partial charge in [-0.25, -0.2) is 0 Å². The second-order valence-electron chi connectivity index (χ2n) is 4.26. The largest absolute Gasteiger partial charge is 0.396 e. The standard InChI is InChI=1S/C13H17BrO2/c14-13-4-2-1-3-11(13)12(9-15)10-5-7-16-8-6-10/h1-4,10,12,15H,5-9H2. The van der Waals surface area contributed by atoms with Gasteiger partial charge in [-0.15, -0.1) is 0 Å². The van der Waals surface area contributed by atoms with Gasteiger partial charge in [0.25, 0.3) is 0 Å². The molecule has 1 heterocycles. The Labute approximate surface area is 105 Å². The average molecular weight is 285 g/mol.